The maximum atomic E-state index is 13.2. The number of nitrogens with two attached hydrogens (primary N) is 2. The minimum atomic E-state index is -1.26. The largest absolute Gasteiger partial charge is 0.508 e. The minimum absolute atomic E-state index is 0.0228. The minimum Gasteiger partial charge on any atom is -0.508 e. The standard InChI is InChI=1S/C29H38N6O6S/c30-12-4-3-7-23(33-26(37)21(31)13-17-8-10-19(36)11-9-17)27(38)35-25(16-42)28(39)34-24(29(40)41)14-18-15-32-22-6-2-1-5-20(18)22/h1-2,5-6,8-11,15,21,23-25,32,36,42H,3-4,7,12-14,16,30-31H2,(H,33,37)(H,34,39)(H,35,38)(H,40,41). The quantitative estimate of drug-likeness (QED) is 0.0838. The number of hydrogen-bond donors (Lipinski definition) is 9. The number of H-pyrrole nitrogens is 1. The van der Waals surface area contributed by atoms with E-state index in [4.69, 9.17) is 11.5 Å². The van der Waals surface area contributed by atoms with Gasteiger partial charge < -0.3 is 42.6 Å². The van der Waals surface area contributed by atoms with E-state index < -0.39 is 47.9 Å². The van der Waals surface area contributed by atoms with Crippen LogP contribution in [0.4, 0.5) is 0 Å². The lowest BCUT2D eigenvalue weighted by Crippen LogP contribution is -2.58. The van der Waals surface area contributed by atoms with Crippen molar-refractivity contribution >= 4 is 47.2 Å². The molecule has 0 aliphatic heterocycles. The van der Waals surface area contributed by atoms with Crippen molar-refractivity contribution in [3.63, 3.8) is 0 Å². The number of aromatic amines is 1. The van der Waals surface area contributed by atoms with E-state index in [0.717, 1.165) is 22.0 Å². The number of carboxylic acid groups (broad SMARTS) is 1. The number of phenols is 1. The molecule has 0 radical (unpaired) electrons. The van der Waals surface area contributed by atoms with Crippen molar-refractivity contribution in [1.29, 1.82) is 0 Å². The van der Waals surface area contributed by atoms with E-state index in [1.54, 1.807) is 18.3 Å². The van der Waals surface area contributed by atoms with Gasteiger partial charge in [-0.1, -0.05) is 30.3 Å². The highest BCUT2D eigenvalue weighted by atomic mass is 32.1. The van der Waals surface area contributed by atoms with Gasteiger partial charge in [-0.25, -0.2) is 4.79 Å². The first kappa shape index (κ1) is 32.4. The monoisotopic (exact) mass is 598 g/mol. The number of carbonyl (C=O) groups excluding carboxylic acids is 3. The number of aromatic hydroxyl groups is 1. The van der Waals surface area contributed by atoms with Crippen LogP contribution in [-0.4, -0.2) is 75.4 Å². The number of rotatable bonds is 16. The zero-order chi connectivity index (χ0) is 30.6. The van der Waals surface area contributed by atoms with Crippen LogP contribution in [0.25, 0.3) is 10.9 Å². The summed E-state index contributed by atoms with van der Waals surface area (Å²) in [5.74, 6) is -3.17. The summed E-state index contributed by atoms with van der Waals surface area (Å²) in [6.45, 7) is 0.400. The van der Waals surface area contributed by atoms with Crippen molar-refractivity contribution in [2.24, 2.45) is 11.5 Å². The summed E-state index contributed by atoms with van der Waals surface area (Å²) in [4.78, 5) is 54.2. The van der Waals surface area contributed by atoms with E-state index in [0.29, 0.717) is 19.4 Å². The second kappa shape index (κ2) is 15.8. The molecule has 10 N–H and O–H groups in total. The van der Waals surface area contributed by atoms with E-state index in [1.807, 2.05) is 24.3 Å². The summed E-state index contributed by atoms with van der Waals surface area (Å²) < 4.78 is 0. The number of carbonyl (C=O) groups is 4. The van der Waals surface area contributed by atoms with Crippen LogP contribution >= 0.6 is 12.6 Å². The summed E-state index contributed by atoms with van der Waals surface area (Å²) in [7, 11) is 0. The summed E-state index contributed by atoms with van der Waals surface area (Å²) in [5, 5.41) is 27.8. The Hall–Kier alpha value is -4.07. The van der Waals surface area contributed by atoms with Crippen LogP contribution in [0.1, 0.15) is 30.4 Å². The molecule has 0 saturated heterocycles. The molecule has 13 heteroatoms. The molecule has 4 atom stereocenters. The summed E-state index contributed by atoms with van der Waals surface area (Å²) >= 11 is 4.19. The number of fused-ring (bicyclic) bond motifs is 1. The van der Waals surface area contributed by atoms with Gasteiger partial charge in [-0.05, 0) is 61.6 Å². The van der Waals surface area contributed by atoms with Crippen molar-refractivity contribution in [2.45, 2.75) is 56.3 Å². The van der Waals surface area contributed by atoms with E-state index >= 15 is 0 Å². The normalized spacial score (nSPS) is 14.0. The summed E-state index contributed by atoms with van der Waals surface area (Å²) in [5.41, 5.74) is 14.0. The molecule has 1 aromatic heterocycles. The Morgan fingerprint density at radius 3 is 2.17 bits per heavy atom. The predicted octanol–water partition coefficient (Wildman–Crippen LogP) is 0.584. The van der Waals surface area contributed by atoms with Crippen LogP contribution < -0.4 is 27.4 Å². The Kier molecular flexibility index (Phi) is 12.2. The molecule has 1 heterocycles. The van der Waals surface area contributed by atoms with E-state index in [9.17, 15) is 29.4 Å². The van der Waals surface area contributed by atoms with Crippen molar-refractivity contribution in [2.75, 3.05) is 12.3 Å². The van der Waals surface area contributed by atoms with Gasteiger partial charge in [-0.15, -0.1) is 0 Å². The van der Waals surface area contributed by atoms with Gasteiger partial charge >= 0.3 is 5.97 Å². The van der Waals surface area contributed by atoms with Gasteiger partial charge in [0.05, 0.1) is 6.04 Å². The number of thiol groups is 1. The number of nitrogens with one attached hydrogen (secondary N) is 4. The number of aliphatic carboxylic acids is 1. The molecule has 226 valence electrons. The Balaban J connectivity index is 1.65. The number of unbranched alkanes of at least 4 members (excludes halogenated alkanes) is 1. The topological polar surface area (TPSA) is 213 Å². The second-order valence-corrected chi connectivity index (χ2v) is 10.4. The zero-order valence-corrected chi connectivity index (χ0v) is 24.0. The van der Waals surface area contributed by atoms with Crippen LogP contribution in [0.2, 0.25) is 0 Å². The molecular formula is C29H38N6O6S. The molecule has 0 bridgehead atoms. The fourth-order valence-electron chi connectivity index (χ4n) is 4.48. The third-order valence-electron chi connectivity index (χ3n) is 6.84. The van der Waals surface area contributed by atoms with Crippen molar-refractivity contribution in [3.8, 4) is 5.75 Å². The van der Waals surface area contributed by atoms with E-state index in [-0.39, 0.29) is 30.8 Å². The van der Waals surface area contributed by atoms with Crippen molar-refractivity contribution in [1.82, 2.24) is 20.9 Å². The number of amides is 3. The molecule has 3 amide bonds. The van der Waals surface area contributed by atoms with Gasteiger partial charge in [0.15, 0.2) is 0 Å². The van der Waals surface area contributed by atoms with E-state index in [1.165, 1.54) is 12.1 Å². The van der Waals surface area contributed by atoms with Gasteiger partial charge in [0.2, 0.25) is 17.7 Å². The first-order valence-electron chi connectivity index (χ1n) is 13.7. The lowest BCUT2D eigenvalue weighted by atomic mass is 10.0. The number of hydrogen-bond acceptors (Lipinski definition) is 8. The molecular weight excluding hydrogens is 560 g/mol. The summed E-state index contributed by atoms with van der Waals surface area (Å²) in [6, 6.07) is 9.28. The van der Waals surface area contributed by atoms with Gasteiger partial charge in [-0.3, -0.25) is 14.4 Å². The third-order valence-corrected chi connectivity index (χ3v) is 7.20. The Morgan fingerprint density at radius 1 is 0.857 bits per heavy atom. The highest BCUT2D eigenvalue weighted by Crippen LogP contribution is 2.19. The lowest BCUT2D eigenvalue weighted by Gasteiger charge is -2.24. The van der Waals surface area contributed by atoms with E-state index in [2.05, 4.69) is 33.6 Å². The number of aromatic nitrogens is 1. The summed E-state index contributed by atoms with van der Waals surface area (Å²) in [6.07, 6.45) is 3.30. The molecule has 3 rings (SSSR count). The van der Waals surface area contributed by atoms with Crippen molar-refractivity contribution < 1.29 is 29.4 Å². The highest BCUT2D eigenvalue weighted by Gasteiger charge is 2.30. The van der Waals surface area contributed by atoms with Gasteiger partial charge in [-0.2, -0.15) is 12.6 Å². The Bertz CT molecular complexity index is 1360. The number of phenolic OH excluding ortho intramolecular Hbond substituents is 1. The van der Waals surface area contributed by atoms with Gasteiger partial charge in [0.25, 0.3) is 0 Å². The number of carboxylic acids is 1. The average Bonchev–Trinajstić information content (AvgIpc) is 3.38. The second-order valence-electron chi connectivity index (χ2n) is 10.0. The molecule has 42 heavy (non-hydrogen) atoms. The zero-order valence-electron chi connectivity index (χ0n) is 23.1. The smallest absolute Gasteiger partial charge is 0.326 e. The average molecular weight is 599 g/mol. The van der Waals surface area contributed by atoms with Crippen LogP contribution in [0, 0.1) is 0 Å². The van der Waals surface area contributed by atoms with Gasteiger partial charge in [0.1, 0.15) is 23.9 Å². The molecule has 3 aromatic rings. The third kappa shape index (κ3) is 9.23. The first-order valence-corrected chi connectivity index (χ1v) is 14.3. The highest BCUT2D eigenvalue weighted by molar-refractivity contribution is 7.80. The first-order chi connectivity index (χ1) is 20.1. The molecule has 4 unspecified atom stereocenters. The molecule has 2 aromatic carbocycles. The van der Waals surface area contributed by atoms with Crippen molar-refractivity contribution in [3.05, 3.63) is 65.9 Å². The number of para-hydroxylation sites is 1. The molecule has 0 fully saturated rings. The van der Waals surface area contributed by atoms with Crippen LogP contribution in [-0.2, 0) is 32.0 Å². The SMILES string of the molecule is NCCCCC(NC(=O)C(N)Cc1ccc(O)cc1)C(=O)NC(CS)C(=O)NC(Cc1c[nH]c2ccccc12)C(=O)O. The molecule has 0 aliphatic rings. The maximum Gasteiger partial charge on any atom is 0.326 e. The Morgan fingerprint density at radius 2 is 1.50 bits per heavy atom. The lowest BCUT2D eigenvalue weighted by molar-refractivity contribution is -0.142. The molecule has 12 nitrogen and oxygen atoms in total. The fourth-order valence-corrected chi connectivity index (χ4v) is 4.74. The van der Waals surface area contributed by atoms with Crippen LogP contribution in [0.5, 0.6) is 5.75 Å². The number of benzene rings is 2. The predicted molar refractivity (Wildman–Crippen MR) is 162 cm³/mol. The molecule has 0 saturated carbocycles. The Labute approximate surface area is 249 Å². The molecule has 0 aliphatic carbocycles. The fraction of sp³-hybridized carbons (Fsp3) is 0.379. The maximum absolute atomic E-state index is 13.2. The van der Waals surface area contributed by atoms with Gasteiger partial charge in [0, 0.05) is 29.3 Å². The molecule has 0 spiro atoms. The van der Waals surface area contributed by atoms with Crippen LogP contribution in [0.15, 0.2) is 54.7 Å². The van der Waals surface area contributed by atoms with Crippen LogP contribution in [0.3, 0.4) is 0 Å².